The number of hydrogen-bond acceptors (Lipinski definition) is 6. The van der Waals surface area contributed by atoms with Crippen LogP contribution < -0.4 is 10.6 Å². The molecule has 0 aliphatic carbocycles. The van der Waals surface area contributed by atoms with Crippen LogP contribution >= 0.6 is 0 Å². The summed E-state index contributed by atoms with van der Waals surface area (Å²) < 4.78 is 10.2. The van der Waals surface area contributed by atoms with E-state index in [9.17, 15) is 19.2 Å². The zero-order valence-corrected chi connectivity index (χ0v) is 22.5. The molecule has 35 heavy (non-hydrogen) atoms. The van der Waals surface area contributed by atoms with Crippen LogP contribution in [-0.4, -0.2) is 59.1 Å². The molecule has 9 nitrogen and oxygen atoms in total. The fourth-order valence-corrected chi connectivity index (χ4v) is 3.38. The average Bonchev–Trinajstić information content (AvgIpc) is 2.70. The fraction of sp³-hybridized carbons (Fsp3) is 0.615. The second-order valence-electron chi connectivity index (χ2n) is 10.4. The van der Waals surface area contributed by atoms with E-state index in [2.05, 4.69) is 10.6 Å². The Bertz CT molecular complexity index is 884. The number of hydrogen-bond donors (Lipinski definition) is 2. The number of alkyl carbamates (subject to hydrolysis) is 1. The lowest BCUT2D eigenvalue weighted by molar-refractivity contribution is -0.148. The van der Waals surface area contributed by atoms with Crippen LogP contribution in [0.5, 0.6) is 0 Å². The van der Waals surface area contributed by atoms with Crippen molar-refractivity contribution in [3.8, 4) is 0 Å². The Morgan fingerprint density at radius 1 is 1.00 bits per heavy atom. The maximum atomic E-state index is 13.6. The number of nitrogens with zero attached hydrogens (tertiary/aromatic N) is 1. The van der Waals surface area contributed by atoms with Crippen molar-refractivity contribution in [2.45, 2.75) is 92.0 Å². The highest BCUT2D eigenvalue weighted by Gasteiger charge is 2.40. The van der Waals surface area contributed by atoms with Crippen molar-refractivity contribution >= 4 is 23.9 Å². The number of ether oxygens (including phenoxy) is 2. The predicted molar refractivity (Wildman–Crippen MR) is 134 cm³/mol. The minimum atomic E-state index is -0.992. The molecule has 0 bridgehead atoms. The standard InChI is InChI=1S/C26H41N3O6/c1-10-34-20(30)15-16-27-22(31)21(19-13-11-17(2)12-14-19)29(25(4,5)6)23(32)18(3)28-24(33)35-26(7,8)9/h11-14,18,21H,10,15-16H2,1-9H3,(H,27,31)(H,28,33). The molecule has 0 saturated heterocycles. The molecule has 2 N–H and O–H groups in total. The summed E-state index contributed by atoms with van der Waals surface area (Å²) in [7, 11) is 0. The molecule has 0 aromatic heterocycles. The summed E-state index contributed by atoms with van der Waals surface area (Å²) in [5.41, 5.74) is 0.107. The molecule has 0 aliphatic heterocycles. The van der Waals surface area contributed by atoms with Gasteiger partial charge in [-0.15, -0.1) is 0 Å². The van der Waals surface area contributed by atoms with E-state index in [1.54, 1.807) is 46.8 Å². The van der Waals surface area contributed by atoms with Gasteiger partial charge in [0.25, 0.3) is 0 Å². The third-order valence-corrected chi connectivity index (χ3v) is 4.90. The van der Waals surface area contributed by atoms with Crippen LogP contribution in [0.4, 0.5) is 4.79 Å². The van der Waals surface area contributed by atoms with Crippen molar-refractivity contribution in [3.05, 3.63) is 35.4 Å². The Labute approximate surface area is 208 Å². The lowest BCUT2D eigenvalue weighted by Gasteiger charge is -2.42. The van der Waals surface area contributed by atoms with Gasteiger partial charge in [0, 0.05) is 12.1 Å². The van der Waals surface area contributed by atoms with E-state index in [1.165, 1.54) is 4.90 Å². The summed E-state index contributed by atoms with van der Waals surface area (Å²) in [6, 6.07) is 5.37. The molecular formula is C26H41N3O6. The molecule has 2 unspecified atom stereocenters. The van der Waals surface area contributed by atoms with E-state index in [0.29, 0.717) is 5.56 Å². The molecular weight excluding hydrogens is 450 g/mol. The second-order valence-corrected chi connectivity index (χ2v) is 10.4. The number of nitrogens with one attached hydrogen (secondary N) is 2. The maximum absolute atomic E-state index is 13.6. The summed E-state index contributed by atoms with van der Waals surface area (Å²) in [4.78, 5) is 52.5. The zero-order chi connectivity index (χ0) is 27.0. The Balaban J connectivity index is 3.27. The summed E-state index contributed by atoms with van der Waals surface area (Å²) in [6.45, 7) is 16.2. The zero-order valence-electron chi connectivity index (χ0n) is 22.5. The van der Waals surface area contributed by atoms with Crippen LogP contribution in [0.25, 0.3) is 0 Å². The molecule has 0 fully saturated rings. The first-order valence-corrected chi connectivity index (χ1v) is 11.9. The smallest absolute Gasteiger partial charge is 0.408 e. The number of aryl methyl sites for hydroxylation is 1. The third kappa shape index (κ3) is 9.96. The van der Waals surface area contributed by atoms with Gasteiger partial charge in [-0.05, 0) is 67.9 Å². The van der Waals surface area contributed by atoms with Crippen molar-refractivity contribution in [1.82, 2.24) is 15.5 Å². The van der Waals surface area contributed by atoms with E-state index >= 15 is 0 Å². The monoisotopic (exact) mass is 491 g/mol. The van der Waals surface area contributed by atoms with Gasteiger partial charge >= 0.3 is 12.1 Å². The SMILES string of the molecule is CCOC(=O)CCNC(=O)C(c1ccc(C)cc1)N(C(=O)C(C)NC(=O)OC(C)(C)C)C(C)(C)C. The molecule has 0 saturated carbocycles. The van der Waals surface area contributed by atoms with Crippen molar-refractivity contribution in [2.24, 2.45) is 0 Å². The minimum Gasteiger partial charge on any atom is -0.466 e. The first-order chi connectivity index (χ1) is 16.1. The van der Waals surface area contributed by atoms with Gasteiger partial charge in [-0.1, -0.05) is 29.8 Å². The highest BCUT2D eigenvalue weighted by Crippen LogP contribution is 2.30. The van der Waals surface area contributed by atoms with Gasteiger partial charge < -0.3 is 25.0 Å². The van der Waals surface area contributed by atoms with E-state index in [1.807, 2.05) is 39.8 Å². The molecule has 1 aromatic carbocycles. The lowest BCUT2D eigenvalue weighted by atomic mass is 9.95. The molecule has 0 aliphatic rings. The first-order valence-electron chi connectivity index (χ1n) is 11.9. The van der Waals surface area contributed by atoms with Crippen LogP contribution in [0, 0.1) is 6.92 Å². The Hall–Kier alpha value is -3.10. The number of rotatable bonds is 9. The van der Waals surface area contributed by atoms with Gasteiger partial charge in [-0.25, -0.2) is 4.79 Å². The summed E-state index contributed by atoms with van der Waals surface area (Å²) in [5, 5.41) is 5.33. The number of carbonyl (C=O) groups excluding carboxylic acids is 4. The van der Waals surface area contributed by atoms with Crippen LogP contribution in [0.1, 0.15) is 79.0 Å². The van der Waals surface area contributed by atoms with Crippen molar-refractivity contribution < 1.29 is 28.7 Å². The Morgan fingerprint density at radius 2 is 1.57 bits per heavy atom. The van der Waals surface area contributed by atoms with Crippen LogP contribution in [0.2, 0.25) is 0 Å². The number of carbonyl (C=O) groups is 4. The molecule has 1 rings (SSSR count). The minimum absolute atomic E-state index is 0.0142. The second kappa shape index (κ2) is 12.6. The quantitative estimate of drug-likeness (QED) is 0.510. The molecule has 196 valence electrons. The summed E-state index contributed by atoms with van der Waals surface area (Å²) in [6.07, 6.45) is -0.710. The van der Waals surface area contributed by atoms with Crippen LogP contribution in [0.15, 0.2) is 24.3 Å². The van der Waals surface area contributed by atoms with E-state index in [4.69, 9.17) is 9.47 Å². The average molecular weight is 492 g/mol. The highest BCUT2D eigenvalue weighted by atomic mass is 16.6. The summed E-state index contributed by atoms with van der Waals surface area (Å²) >= 11 is 0. The molecule has 2 atom stereocenters. The van der Waals surface area contributed by atoms with Crippen LogP contribution in [-0.2, 0) is 23.9 Å². The van der Waals surface area contributed by atoms with Gasteiger partial charge in [0.2, 0.25) is 11.8 Å². The Kier molecular flexibility index (Phi) is 10.7. The van der Waals surface area contributed by atoms with E-state index < -0.39 is 47.1 Å². The van der Waals surface area contributed by atoms with Gasteiger partial charge in [0.1, 0.15) is 17.7 Å². The normalized spacial score (nSPS) is 13.3. The van der Waals surface area contributed by atoms with E-state index in [-0.39, 0.29) is 19.6 Å². The third-order valence-electron chi connectivity index (χ3n) is 4.90. The highest BCUT2D eigenvalue weighted by molar-refractivity contribution is 5.92. The van der Waals surface area contributed by atoms with E-state index in [0.717, 1.165) is 5.56 Å². The molecule has 1 aromatic rings. The largest absolute Gasteiger partial charge is 0.466 e. The van der Waals surface area contributed by atoms with Crippen molar-refractivity contribution in [1.29, 1.82) is 0 Å². The predicted octanol–water partition coefficient (Wildman–Crippen LogP) is 3.65. The molecule has 0 spiro atoms. The molecule has 3 amide bonds. The topological polar surface area (TPSA) is 114 Å². The van der Waals surface area contributed by atoms with Gasteiger partial charge in [-0.3, -0.25) is 14.4 Å². The van der Waals surface area contributed by atoms with Gasteiger partial charge in [0.15, 0.2) is 0 Å². The number of amides is 3. The molecule has 0 heterocycles. The molecule has 0 radical (unpaired) electrons. The Morgan fingerprint density at radius 3 is 2.06 bits per heavy atom. The number of esters is 1. The number of benzene rings is 1. The van der Waals surface area contributed by atoms with Crippen molar-refractivity contribution in [3.63, 3.8) is 0 Å². The van der Waals surface area contributed by atoms with Crippen molar-refractivity contribution in [2.75, 3.05) is 13.2 Å². The lowest BCUT2D eigenvalue weighted by Crippen LogP contribution is -2.58. The summed E-state index contributed by atoms with van der Waals surface area (Å²) in [5.74, 6) is -1.31. The fourth-order valence-electron chi connectivity index (χ4n) is 3.38. The van der Waals surface area contributed by atoms with Gasteiger partial charge in [0.05, 0.1) is 13.0 Å². The van der Waals surface area contributed by atoms with Crippen LogP contribution in [0.3, 0.4) is 0 Å². The maximum Gasteiger partial charge on any atom is 0.408 e. The van der Waals surface area contributed by atoms with Gasteiger partial charge in [-0.2, -0.15) is 0 Å². The molecule has 9 heteroatoms. The first kappa shape index (κ1) is 29.9.